The third-order valence-electron chi connectivity index (χ3n) is 7.56. The highest BCUT2D eigenvalue weighted by molar-refractivity contribution is 6.30. The summed E-state index contributed by atoms with van der Waals surface area (Å²) in [5.41, 5.74) is 0.791. The molecule has 2 N–H and O–H groups in total. The summed E-state index contributed by atoms with van der Waals surface area (Å²) in [7, 11) is 1.65. The molecule has 33 heavy (non-hydrogen) atoms. The molecule has 2 aliphatic heterocycles. The number of nitrogens with one attached hydrogen (secondary N) is 1. The Labute approximate surface area is 200 Å². The van der Waals surface area contributed by atoms with E-state index in [0.717, 1.165) is 38.8 Å². The van der Waals surface area contributed by atoms with Gasteiger partial charge in [0, 0.05) is 44.0 Å². The van der Waals surface area contributed by atoms with E-state index in [1.165, 1.54) is 0 Å². The normalized spacial score (nSPS) is 25.9. The molecule has 182 valence electrons. The average Bonchev–Trinajstić information content (AvgIpc) is 3.56. The molecular weight excluding hydrogens is 444 g/mol. The van der Waals surface area contributed by atoms with Crippen LogP contribution in [-0.4, -0.2) is 96.4 Å². The molecule has 3 fully saturated rings. The average molecular weight is 479 g/mol. The zero-order chi connectivity index (χ0) is 23.6. The fourth-order valence-electron chi connectivity index (χ4n) is 5.17. The second-order valence-corrected chi connectivity index (χ2v) is 10.1. The predicted molar refractivity (Wildman–Crippen MR) is 127 cm³/mol. The van der Waals surface area contributed by atoms with Gasteiger partial charge in [0.15, 0.2) is 0 Å². The van der Waals surface area contributed by atoms with Crippen LogP contribution < -0.4 is 5.32 Å². The van der Waals surface area contributed by atoms with Crippen LogP contribution in [0, 0.1) is 5.41 Å². The van der Waals surface area contributed by atoms with Gasteiger partial charge in [0.2, 0.25) is 5.91 Å². The first-order valence-electron chi connectivity index (χ1n) is 11.9. The van der Waals surface area contributed by atoms with Crippen molar-refractivity contribution in [3.05, 3.63) is 29.3 Å². The van der Waals surface area contributed by atoms with Crippen molar-refractivity contribution < 1.29 is 19.4 Å². The van der Waals surface area contributed by atoms with Gasteiger partial charge in [-0.1, -0.05) is 17.7 Å². The molecule has 0 bridgehead atoms. The van der Waals surface area contributed by atoms with Crippen molar-refractivity contribution in [2.24, 2.45) is 5.41 Å². The van der Waals surface area contributed by atoms with Gasteiger partial charge >= 0.3 is 6.03 Å². The lowest BCUT2D eigenvalue weighted by atomic mass is 9.90. The van der Waals surface area contributed by atoms with Crippen molar-refractivity contribution >= 4 is 29.2 Å². The largest absolute Gasteiger partial charge is 0.391 e. The molecule has 1 saturated carbocycles. The van der Waals surface area contributed by atoms with E-state index < -0.39 is 6.04 Å². The number of rotatable bonds is 7. The summed E-state index contributed by atoms with van der Waals surface area (Å²) >= 11 is 6.01. The first-order chi connectivity index (χ1) is 15.8. The van der Waals surface area contributed by atoms with Gasteiger partial charge in [0.05, 0.1) is 18.8 Å². The van der Waals surface area contributed by atoms with Crippen LogP contribution in [0.5, 0.6) is 0 Å². The molecule has 0 unspecified atom stereocenters. The summed E-state index contributed by atoms with van der Waals surface area (Å²) < 4.78 is 5.44. The highest BCUT2D eigenvalue weighted by Gasteiger charge is 2.51. The monoisotopic (exact) mass is 478 g/mol. The SMILES string of the molecule is COC[C@H](CCN1CCC2(CC2)[C@H](O)C1)N1CCN(C(=O)Nc2cccc(Cl)c2)[C@@H](C)C1=O. The van der Waals surface area contributed by atoms with Gasteiger partial charge in [0.25, 0.3) is 0 Å². The standard InChI is InChI=1S/C24H35ClN4O4/c1-17-22(31)29(13-12-28(17)23(32)26-19-5-3-4-18(25)14-19)20(16-33-2)6-10-27-11-9-24(7-8-24)21(30)15-27/h3-5,14,17,20-21,30H,6-13,15-16H2,1-2H3,(H,26,32)/t17-,20-,21+/m0/s1. The number of amides is 3. The molecule has 3 atom stereocenters. The Morgan fingerprint density at radius 2 is 2.09 bits per heavy atom. The smallest absolute Gasteiger partial charge is 0.322 e. The zero-order valence-electron chi connectivity index (χ0n) is 19.5. The zero-order valence-corrected chi connectivity index (χ0v) is 20.3. The number of ether oxygens (including phenoxy) is 1. The van der Waals surface area contributed by atoms with Gasteiger partial charge < -0.3 is 29.9 Å². The number of methoxy groups -OCH3 is 1. The maximum atomic E-state index is 13.2. The molecule has 1 spiro atoms. The molecule has 2 saturated heterocycles. The minimum absolute atomic E-state index is 0.0583. The van der Waals surface area contributed by atoms with Crippen molar-refractivity contribution in [1.82, 2.24) is 14.7 Å². The number of urea groups is 1. The lowest BCUT2D eigenvalue weighted by Crippen LogP contribution is -2.61. The number of anilines is 1. The molecule has 1 aromatic rings. The Morgan fingerprint density at radius 1 is 1.30 bits per heavy atom. The number of hydrogen-bond acceptors (Lipinski definition) is 5. The Bertz CT molecular complexity index is 865. The van der Waals surface area contributed by atoms with Gasteiger partial charge in [-0.2, -0.15) is 0 Å². The van der Waals surface area contributed by atoms with Crippen molar-refractivity contribution in [3.8, 4) is 0 Å². The number of benzene rings is 1. The number of nitrogens with zero attached hydrogens (tertiary/aromatic N) is 3. The number of halogens is 1. The van der Waals surface area contributed by atoms with E-state index in [1.807, 2.05) is 4.90 Å². The van der Waals surface area contributed by atoms with E-state index in [2.05, 4.69) is 10.2 Å². The number of piperazine rings is 1. The van der Waals surface area contributed by atoms with Crippen molar-refractivity contribution in [3.63, 3.8) is 0 Å². The Balaban J connectivity index is 1.32. The third-order valence-corrected chi connectivity index (χ3v) is 7.80. The summed E-state index contributed by atoms with van der Waals surface area (Å²) in [6, 6.07) is 6.03. The number of carbonyl (C=O) groups is 2. The number of likely N-dealkylation sites (tertiary alicyclic amines) is 1. The molecule has 0 radical (unpaired) electrons. The molecule has 2 heterocycles. The third kappa shape index (κ3) is 5.45. The lowest BCUT2D eigenvalue weighted by Gasteiger charge is -2.43. The molecule has 8 nitrogen and oxygen atoms in total. The van der Waals surface area contributed by atoms with E-state index in [9.17, 15) is 14.7 Å². The number of piperidine rings is 1. The molecule has 3 aliphatic rings. The summed E-state index contributed by atoms with van der Waals surface area (Å²) in [5.74, 6) is -0.0693. The number of carbonyl (C=O) groups excluding carboxylic acids is 2. The topological polar surface area (TPSA) is 85.3 Å². The Hall–Kier alpha value is -1.87. The van der Waals surface area contributed by atoms with E-state index in [4.69, 9.17) is 16.3 Å². The van der Waals surface area contributed by atoms with E-state index in [0.29, 0.717) is 37.0 Å². The maximum absolute atomic E-state index is 13.2. The molecule has 9 heteroatoms. The molecule has 3 amide bonds. The highest BCUT2D eigenvalue weighted by atomic mass is 35.5. The first-order valence-corrected chi connectivity index (χ1v) is 12.2. The van der Waals surface area contributed by atoms with Crippen molar-refractivity contribution in [2.75, 3.05) is 51.8 Å². The lowest BCUT2D eigenvalue weighted by molar-refractivity contribution is -0.143. The second-order valence-electron chi connectivity index (χ2n) is 9.67. The van der Waals surface area contributed by atoms with E-state index in [-0.39, 0.29) is 29.5 Å². The Morgan fingerprint density at radius 3 is 2.76 bits per heavy atom. The van der Waals surface area contributed by atoms with Gasteiger partial charge in [0.1, 0.15) is 6.04 Å². The van der Waals surface area contributed by atoms with Crippen LogP contribution in [0.15, 0.2) is 24.3 Å². The van der Waals surface area contributed by atoms with Crippen LogP contribution in [0.3, 0.4) is 0 Å². The maximum Gasteiger partial charge on any atom is 0.322 e. The van der Waals surface area contributed by atoms with Crippen molar-refractivity contribution in [2.45, 2.75) is 50.8 Å². The summed E-state index contributed by atoms with van der Waals surface area (Å²) in [4.78, 5) is 31.8. The predicted octanol–water partition coefficient (Wildman–Crippen LogP) is 2.66. The second kappa shape index (κ2) is 10.2. The van der Waals surface area contributed by atoms with Gasteiger partial charge in [-0.3, -0.25) is 4.79 Å². The van der Waals surface area contributed by atoms with Crippen LogP contribution in [0.25, 0.3) is 0 Å². The van der Waals surface area contributed by atoms with Crippen LogP contribution in [0.1, 0.15) is 32.6 Å². The Kier molecular flexibility index (Phi) is 7.48. The molecule has 4 rings (SSSR count). The summed E-state index contributed by atoms with van der Waals surface area (Å²) in [6.45, 7) is 5.66. The fourth-order valence-corrected chi connectivity index (χ4v) is 5.36. The van der Waals surface area contributed by atoms with Crippen LogP contribution in [0.2, 0.25) is 5.02 Å². The van der Waals surface area contributed by atoms with E-state index >= 15 is 0 Å². The van der Waals surface area contributed by atoms with Crippen LogP contribution >= 0.6 is 11.6 Å². The summed E-state index contributed by atoms with van der Waals surface area (Å²) in [6.07, 6.45) is 3.89. The van der Waals surface area contributed by atoms with Crippen LogP contribution in [0.4, 0.5) is 10.5 Å². The number of β-amino-alcohol motifs (C(OH)–C–C–N with tert-alkyl or cyclic N) is 1. The first kappa shape index (κ1) is 24.3. The number of hydrogen-bond donors (Lipinski definition) is 2. The quantitative estimate of drug-likeness (QED) is 0.629. The molecular formula is C24H35ClN4O4. The fraction of sp³-hybridized carbons (Fsp3) is 0.667. The van der Waals surface area contributed by atoms with Gasteiger partial charge in [-0.15, -0.1) is 0 Å². The van der Waals surface area contributed by atoms with Crippen molar-refractivity contribution in [1.29, 1.82) is 0 Å². The van der Waals surface area contributed by atoms with E-state index in [1.54, 1.807) is 43.2 Å². The van der Waals surface area contributed by atoms with Crippen LogP contribution in [-0.2, 0) is 9.53 Å². The highest BCUT2D eigenvalue weighted by Crippen LogP contribution is 2.53. The molecule has 1 aliphatic carbocycles. The van der Waals surface area contributed by atoms with Gasteiger partial charge in [-0.05, 0) is 62.8 Å². The molecule has 1 aromatic carbocycles. The number of aliphatic hydroxyl groups is 1. The summed E-state index contributed by atoms with van der Waals surface area (Å²) in [5, 5.41) is 13.9. The minimum Gasteiger partial charge on any atom is -0.391 e. The number of aliphatic hydroxyl groups excluding tert-OH is 1. The minimum atomic E-state index is -0.566. The molecule has 0 aromatic heterocycles. The van der Waals surface area contributed by atoms with Gasteiger partial charge in [-0.25, -0.2) is 4.79 Å².